The van der Waals surface area contributed by atoms with E-state index in [9.17, 15) is 28.4 Å². The SMILES string of the molecule is CC(C(=O)Nc1ccc(OC2CCN(C(=O)CCOCCOCCNc3cccc4c3CN(C3CCC(=O)NC3=O)C4=O)CC2)cc1)C1CCC(c2ccnc3ccc(F)cc23)CC1. The number of nitrogens with zero attached hydrogens (tertiary/aromatic N) is 3. The molecule has 2 unspecified atom stereocenters. The quantitative estimate of drug-likeness (QED) is 0.0778. The number of rotatable bonds is 17. The molecule has 4 aliphatic rings. The second-order valence-corrected chi connectivity index (χ2v) is 17.3. The number of carbonyl (C=O) groups is 5. The van der Waals surface area contributed by atoms with Gasteiger partial charge in [-0.25, -0.2) is 4.39 Å². The number of ether oxygens (including phenoxy) is 3. The maximum atomic E-state index is 14.0. The zero-order chi connectivity index (χ0) is 44.6. The van der Waals surface area contributed by atoms with Crippen molar-refractivity contribution in [1.82, 2.24) is 20.1 Å². The average Bonchev–Trinajstić information content (AvgIpc) is 3.64. The highest BCUT2D eigenvalue weighted by Gasteiger charge is 2.40. The number of aromatic nitrogens is 1. The molecule has 2 atom stereocenters. The minimum atomic E-state index is -0.660. The average molecular weight is 877 g/mol. The Balaban J connectivity index is 0.667. The molecule has 14 nitrogen and oxygen atoms in total. The molecule has 338 valence electrons. The maximum Gasteiger partial charge on any atom is 0.255 e. The van der Waals surface area contributed by atoms with E-state index in [1.54, 1.807) is 30.5 Å². The van der Waals surface area contributed by atoms with Gasteiger partial charge in [0, 0.05) is 85.4 Å². The molecule has 3 N–H and O–H groups in total. The number of fused-ring (bicyclic) bond motifs is 2. The molecule has 5 amide bonds. The number of likely N-dealkylation sites (tertiary alicyclic amines) is 1. The largest absolute Gasteiger partial charge is 0.490 e. The van der Waals surface area contributed by atoms with Crippen molar-refractivity contribution in [2.24, 2.45) is 11.8 Å². The topological polar surface area (TPSA) is 168 Å². The molecule has 0 bridgehead atoms. The van der Waals surface area contributed by atoms with Crippen LogP contribution in [-0.2, 0) is 35.2 Å². The first-order valence-electron chi connectivity index (χ1n) is 22.7. The van der Waals surface area contributed by atoms with Gasteiger partial charge in [0.15, 0.2) is 0 Å². The van der Waals surface area contributed by atoms with Gasteiger partial charge in [-0.2, -0.15) is 0 Å². The van der Waals surface area contributed by atoms with Crippen molar-refractivity contribution in [2.45, 2.75) is 89.3 Å². The van der Waals surface area contributed by atoms with Gasteiger partial charge in [0.05, 0.1) is 38.4 Å². The van der Waals surface area contributed by atoms with Gasteiger partial charge in [0.25, 0.3) is 5.91 Å². The van der Waals surface area contributed by atoms with Crippen LogP contribution in [0.3, 0.4) is 0 Å². The first-order valence-corrected chi connectivity index (χ1v) is 22.7. The third kappa shape index (κ3) is 10.7. The van der Waals surface area contributed by atoms with Gasteiger partial charge < -0.3 is 34.6 Å². The van der Waals surface area contributed by atoms with Crippen LogP contribution < -0.4 is 20.7 Å². The van der Waals surface area contributed by atoms with Crippen LogP contribution in [0.2, 0.25) is 0 Å². The summed E-state index contributed by atoms with van der Waals surface area (Å²) in [5, 5.41) is 9.63. The Kier molecular flexibility index (Phi) is 14.5. The number of anilines is 2. The lowest BCUT2D eigenvalue weighted by atomic mass is 9.73. The molecule has 0 radical (unpaired) electrons. The Hall–Kier alpha value is -5.93. The number of halogens is 1. The molecule has 3 aromatic carbocycles. The van der Waals surface area contributed by atoms with E-state index in [1.807, 2.05) is 48.2 Å². The number of imide groups is 1. The van der Waals surface area contributed by atoms with E-state index in [0.717, 1.165) is 77.7 Å². The van der Waals surface area contributed by atoms with Crippen molar-refractivity contribution in [2.75, 3.05) is 56.7 Å². The van der Waals surface area contributed by atoms with E-state index < -0.39 is 11.9 Å². The van der Waals surface area contributed by atoms with Crippen molar-refractivity contribution in [3.05, 3.63) is 95.4 Å². The van der Waals surface area contributed by atoms with Crippen LogP contribution in [0.5, 0.6) is 5.75 Å². The Morgan fingerprint density at radius 2 is 1.66 bits per heavy atom. The fourth-order valence-corrected chi connectivity index (χ4v) is 9.58. The summed E-state index contributed by atoms with van der Waals surface area (Å²) in [6.45, 7) is 5.48. The number of pyridine rings is 1. The van der Waals surface area contributed by atoms with Crippen LogP contribution in [0, 0.1) is 17.7 Å². The summed E-state index contributed by atoms with van der Waals surface area (Å²) in [7, 11) is 0. The van der Waals surface area contributed by atoms with Gasteiger partial charge in [0.1, 0.15) is 23.7 Å². The number of piperidine rings is 2. The standard InChI is InChI=1S/C49H57FN6O8/c1-31(32-5-7-33(8-6-32)38-17-21-51-43-14-9-34(50)29-40(38)43)47(59)53-35-10-12-36(13-11-35)64-37-18-23-55(24-19-37)46(58)20-25-62-27-28-63-26-22-52-42-4-2-3-39-41(42)30-56(49(39)61)44-15-16-45(57)54-48(44)60/h2-4,9-14,17,21,29,31-33,37,44,52H,5-8,15-16,18-20,22-28,30H2,1H3,(H,53,59)(H,54,57,60). The highest BCUT2D eigenvalue weighted by atomic mass is 19.1. The Morgan fingerprint density at radius 3 is 2.42 bits per heavy atom. The summed E-state index contributed by atoms with van der Waals surface area (Å²) in [6, 6.07) is 19.0. The van der Waals surface area contributed by atoms with Gasteiger partial charge in [-0.05, 0) is 110 Å². The van der Waals surface area contributed by atoms with Crippen LogP contribution in [0.15, 0.2) is 72.9 Å². The van der Waals surface area contributed by atoms with Gasteiger partial charge in [0.2, 0.25) is 23.6 Å². The van der Waals surface area contributed by atoms with E-state index in [4.69, 9.17) is 14.2 Å². The molecule has 15 heteroatoms. The lowest BCUT2D eigenvalue weighted by molar-refractivity contribution is -0.137. The Bertz CT molecular complexity index is 2330. The molecule has 8 rings (SSSR count). The summed E-state index contributed by atoms with van der Waals surface area (Å²) < 4.78 is 31.7. The fourth-order valence-electron chi connectivity index (χ4n) is 9.58. The van der Waals surface area contributed by atoms with Gasteiger partial charge in [-0.15, -0.1) is 0 Å². The molecule has 4 heterocycles. The lowest BCUT2D eigenvalue weighted by Crippen LogP contribution is -2.52. The second-order valence-electron chi connectivity index (χ2n) is 17.3. The van der Waals surface area contributed by atoms with Crippen LogP contribution in [0.1, 0.15) is 92.1 Å². The molecular weight excluding hydrogens is 820 g/mol. The number of amides is 5. The van der Waals surface area contributed by atoms with Crippen molar-refractivity contribution < 1.29 is 42.6 Å². The molecule has 3 aliphatic heterocycles. The van der Waals surface area contributed by atoms with Crippen molar-refractivity contribution >= 4 is 51.8 Å². The molecule has 4 aromatic rings. The summed E-state index contributed by atoms with van der Waals surface area (Å²) in [5.74, 6) is 0.0273. The number of benzene rings is 3. The van der Waals surface area contributed by atoms with Gasteiger partial charge >= 0.3 is 0 Å². The normalized spacial score (nSPS) is 20.8. The number of nitrogens with one attached hydrogen (secondary N) is 3. The minimum Gasteiger partial charge on any atom is -0.490 e. The molecule has 3 fully saturated rings. The monoisotopic (exact) mass is 876 g/mol. The molecule has 2 saturated heterocycles. The minimum absolute atomic E-state index is 0.00467. The molecular formula is C49H57FN6O8. The fraction of sp³-hybridized carbons (Fsp3) is 0.469. The van der Waals surface area contributed by atoms with E-state index in [1.165, 1.54) is 11.0 Å². The number of carbonyl (C=O) groups excluding carboxylic acids is 5. The smallest absolute Gasteiger partial charge is 0.255 e. The first kappa shape index (κ1) is 44.7. The lowest BCUT2D eigenvalue weighted by Gasteiger charge is -2.32. The van der Waals surface area contributed by atoms with E-state index in [-0.39, 0.29) is 53.8 Å². The summed E-state index contributed by atoms with van der Waals surface area (Å²) in [4.78, 5) is 71.0. The highest BCUT2D eigenvalue weighted by molar-refractivity contribution is 6.06. The van der Waals surface area contributed by atoms with Crippen molar-refractivity contribution in [1.29, 1.82) is 0 Å². The maximum absolute atomic E-state index is 14.0. The van der Waals surface area contributed by atoms with Crippen LogP contribution >= 0.6 is 0 Å². The van der Waals surface area contributed by atoms with Crippen LogP contribution in [0.25, 0.3) is 10.9 Å². The summed E-state index contributed by atoms with van der Waals surface area (Å²) in [6.07, 6.45) is 7.83. The number of hydrogen-bond donors (Lipinski definition) is 3. The molecule has 64 heavy (non-hydrogen) atoms. The predicted molar refractivity (Wildman–Crippen MR) is 238 cm³/mol. The Morgan fingerprint density at radius 1 is 0.891 bits per heavy atom. The first-order chi connectivity index (χ1) is 31.1. The molecule has 1 aliphatic carbocycles. The van der Waals surface area contributed by atoms with Crippen molar-refractivity contribution in [3.63, 3.8) is 0 Å². The summed E-state index contributed by atoms with van der Waals surface area (Å²) in [5.41, 5.74) is 4.86. The van der Waals surface area contributed by atoms with E-state index in [2.05, 4.69) is 20.9 Å². The van der Waals surface area contributed by atoms with E-state index >= 15 is 0 Å². The second kappa shape index (κ2) is 20.7. The Labute approximate surface area is 372 Å². The summed E-state index contributed by atoms with van der Waals surface area (Å²) >= 11 is 0. The van der Waals surface area contributed by atoms with Gasteiger partial charge in [-0.1, -0.05) is 13.0 Å². The van der Waals surface area contributed by atoms with Crippen LogP contribution in [0.4, 0.5) is 15.8 Å². The predicted octanol–water partition coefficient (Wildman–Crippen LogP) is 6.59. The number of hydrogen-bond acceptors (Lipinski definition) is 10. The molecule has 1 saturated carbocycles. The van der Waals surface area contributed by atoms with Crippen molar-refractivity contribution in [3.8, 4) is 5.75 Å². The third-order valence-corrected chi connectivity index (χ3v) is 13.3. The molecule has 0 spiro atoms. The zero-order valence-corrected chi connectivity index (χ0v) is 36.3. The third-order valence-electron chi connectivity index (χ3n) is 13.3. The van der Waals surface area contributed by atoms with Gasteiger partial charge in [-0.3, -0.25) is 34.3 Å². The molecule has 1 aromatic heterocycles. The van der Waals surface area contributed by atoms with E-state index in [0.29, 0.717) is 76.9 Å². The highest BCUT2D eigenvalue weighted by Crippen LogP contribution is 2.41. The zero-order valence-electron chi connectivity index (χ0n) is 36.3. The van der Waals surface area contributed by atoms with Crippen LogP contribution in [-0.4, -0.2) is 103 Å².